The fourth-order valence-corrected chi connectivity index (χ4v) is 3.88. The highest BCUT2D eigenvalue weighted by Crippen LogP contribution is 2.35. The van der Waals surface area contributed by atoms with Gasteiger partial charge >= 0.3 is 0 Å². The van der Waals surface area contributed by atoms with Gasteiger partial charge in [-0.25, -0.2) is 9.37 Å². The van der Waals surface area contributed by atoms with Gasteiger partial charge in [-0.05, 0) is 67.4 Å². The van der Waals surface area contributed by atoms with Crippen LogP contribution < -0.4 is 10.5 Å². The Morgan fingerprint density at radius 2 is 1.90 bits per heavy atom. The summed E-state index contributed by atoms with van der Waals surface area (Å²) in [7, 11) is 2.01. The van der Waals surface area contributed by atoms with E-state index in [-0.39, 0.29) is 17.4 Å². The Hall–Kier alpha value is -3.25. The number of ketones is 1. The van der Waals surface area contributed by atoms with Crippen molar-refractivity contribution in [3.05, 3.63) is 76.7 Å². The zero-order valence-corrected chi connectivity index (χ0v) is 17.3. The molecule has 1 atom stereocenters. The van der Waals surface area contributed by atoms with Crippen molar-refractivity contribution in [1.29, 1.82) is 0 Å². The fraction of sp³-hybridized carbons (Fsp3) is 0.250. The van der Waals surface area contributed by atoms with Gasteiger partial charge in [-0.1, -0.05) is 18.2 Å². The minimum absolute atomic E-state index is 0.00160. The Labute approximate surface area is 175 Å². The van der Waals surface area contributed by atoms with Gasteiger partial charge in [-0.2, -0.15) is 0 Å². The zero-order valence-electron chi connectivity index (χ0n) is 17.3. The molecule has 1 unspecified atom stereocenters. The van der Waals surface area contributed by atoms with Gasteiger partial charge in [0.25, 0.3) is 0 Å². The van der Waals surface area contributed by atoms with Crippen molar-refractivity contribution in [3.63, 3.8) is 0 Å². The summed E-state index contributed by atoms with van der Waals surface area (Å²) in [5, 5.41) is 0. The summed E-state index contributed by atoms with van der Waals surface area (Å²) in [6, 6.07) is 12.3. The third kappa shape index (κ3) is 3.91. The summed E-state index contributed by atoms with van der Waals surface area (Å²) in [4.78, 5) is 18.4. The molecule has 0 amide bonds. The average Bonchev–Trinajstić information content (AvgIpc) is 2.70. The molecule has 4 rings (SSSR count). The molecule has 2 bridgehead atoms. The summed E-state index contributed by atoms with van der Waals surface area (Å²) < 4.78 is 20.1. The zero-order chi connectivity index (χ0) is 21.4. The van der Waals surface area contributed by atoms with Crippen molar-refractivity contribution in [3.8, 4) is 16.9 Å². The molecular weight excluding hydrogens is 381 g/mol. The topological polar surface area (TPSA) is 68.5 Å². The van der Waals surface area contributed by atoms with Crippen molar-refractivity contribution in [2.75, 3.05) is 12.8 Å². The number of Topliss-reactive ketones (excluding diaryl/α,β-unsaturated/α-hetero) is 1. The van der Waals surface area contributed by atoms with Crippen LogP contribution in [0.15, 0.2) is 48.7 Å². The van der Waals surface area contributed by atoms with Gasteiger partial charge in [-0.3, -0.25) is 9.69 Å². The number of nitrogen functional groups attached to an aromatic ring is 1. The highest BCUT2D eigenvalue weighted by atomic mass is 19.1. The van der Waals surface area contributed by atoms with E-state index in [4.69, 9.17) is 10.5 Å². The molecule has 1 aliphatic heterocycles. The molecule has 154 valence electrons. The minimum Gasteiger partial charge on any atom is -0.482 e. The summed E-state index contributed by atoms with van der Waals surface area (Å²) in [6.07, 6.45) is 1.28. The number of halogens is 1. The molecule has 0 aliphatic carbocycles. The molecule has 30 heavy (non-hydrogen) atoms. The lowest BCUT2D eigenvalue weighted by Gasteiger charge is -2.25. The number of rotatable bonds is 1. The molecule has 3 aromatic rings. The van der Waals surface area contributed by atoms with E-state index in [0.29, 0.717) is 24.4 Å². The predicted octanol–water partition coefficient (Wildman–Crippen LogP) is 4.76. The number of hydrogen-bond acceptors (Lipinski definition) is 5. The standard InChI is InChI=1S/C24H24FN3O2/c1-14(29)16-4-5-18-13-28(3)12-17-6-7-20(25)10-21(17)15(2)30-23-9-19(22(18)8-16)11-27-24(23)26/h4-11,15H,12-13H2,1-3H3,(H2,26,27). The third-order valence-corrected chi connectivity index (χ3v) is 5.44. The van der Waals surface area contributed by atoms with E-state index < -0.39 is 6.10 Å². The number of fused-ring (bicyclic) bond motifs is 5. The second kappa shape index (κ2) is 7.88. The quantitative estimate of drug-likeness (QED) is 0.591. The van der Waals surface area contributed by atoms with Gasteiger partial charge in [-0.15, -0.1) is 0 Å². The molecule has 6 heteroatoms. The minimum atomic E-state index is -0.411. The van der Waals surface area contributed by atoms with Crippen molar-refractivity contribution < 1.29 is 13.9 Å². The second-order valence-electron chi connectivity index (χ2n) is 7.81. The number of nitrogens with zero attached hydrogens (tertiary/aromatic N) is 2. The molecule has 2 heterocycles. The number of ether oxygens (including phenoxy) is 1. The van der Waals surface area contributed by atoms with Crippen LogP contribution in [0.2, 0.25) is 0 Å². The molecule has 0 radical (unpaired) electrons. The largest absolute Gasteiger partial charge is 0.482 e. The molecule has 1 aromatic heterocycles. The first-order valence-electron chi connectivity index (χ1n) is 9.85. The van der Waals surface area contributed by atoms with Crippen LogP contribution in [0.1, 0.15) is 47.0 Å². The van der Waals surface area contributed by atoms with E-state index in [9.17, 15) is 9.18 Å². The third-order valence-electron chi connectivity index (χ3n) is 5.44. The monoisotopic (exact) mass is 405 g/mol. The SMILES string of the molecule is CC(=O)c1ccc2c(c1)-c1cnc(N)c(c1)OC(C)c1cc(F)ccc1CN(C)C2. The summed E-state index contributed by atoms with van der Waals surface area (Å²) in [5.74, 6) is 0.396. The molecule has 0 spiro atoms. The molecule has 1 aliphatic rings. The first kappa shape index (κ1) is 20.0. The maximum absolute atomic E-state index is 14.0. The van der Waals surface area contributed by atoms with Gasteiger partial charge in [0.05, 0.1) is 0 Å². The van der Waals surface area contributed by atoms with Crippen LogP contribution in [0.25, 0.3) is 11.1 Å². The van der Waals surface area contributed by atoms with Crippen molar-refractivity contribution in [2.45, 2.75) is 33.0 Å². The highest BCUT2D eigenvalue weighted by Gasteiger charge is 2.20. The smallest absolute Gasteiger partial charge is 0.166 e. The lowest BCUT2D eigenvalue weighted by Crippen LogP contribution is -2.20. The van der Waals surface area contributed by atoms with E-state index in [0.717, 1.165) is 27.8 Å². The van der Waals surface area contributed by atoms with Crippen molar-refractivity contribution in [2.24, 2.45) is 0 Å². The first-order chi connectivity index (χ1) is 14.3. The maximum atomic E-state index is 14.0. The Kier molecular flexibility index (Phi) is 5.26. The van der Waals surface area contributed by atoms with Gasteiger partial charge < -0.3 is 10.5 Å². The molecule has 5 nitrogen and oxygen atoms in total. The van der Waals surface area contributed by atoms with Gasteiger partial charge in [0.1, 0.15) is 11.9 Å². The second-order valence-corrected chi connectivity index (χ2v) is 7.81. The number of benzene rings is 2. The van der Waals surface area contributed by atoms with E-state index in [1.165, 1.54) is 12.1 Å². The van der Waals surface area contributed by atoms with Crippen LogP contribution in [-0.2, 0) is 13.1 Å². The first-order valence-corrected chi connectivity index (χ1v) is 9.85. The lowest BCUT2D eigenvalue weighted by atomic mass is 9.96. The van der Waals surface area contributed by atoms with Crippen LogP contribution in [0, 0.1) is 5.82 Å². The van der Waals surface area contributed by atoms with Crippen LogP contribution in [-0.4, -0.2) is 22.7 Å². The Bertz CT molecular complexity index is 1130. The summed E-state index contributed by atoms with van der Waals surface area (Å²) >= 11 is 0. The van der Waals surface area contributed by atoms with E-state index >= 15 is 0 Å². The van der Waals surface area contributed by atoms with Crippen molar-refractivity contribution >= 4 is 11.6 Å². The molecule has 0 saturated carbocycles. The van der Waals surface area contributed by atoms with Gasteiger partial charge in [0, 0.05) is 30.4 Å². The Morgan fingerprint density at radius 3 is 2.67 bits per heavy atom. The molecule has 2 aromatic carbocycles. The number of anilines is 1. The van der Waals surface area contributed by atoms with Crippen LogP contribution in [0.3, 0.4) is 0 Å². The van der Waals surface area contributed by atoms with Crippen LogP contribution in [0.4, 0.5) is 10.2 Å². The number of hydrogen-bond donors (Lipinski definition) is 1. The molecule has 0 fully saturated rings. The van der Waals surface area contributed by atoms with Crippen LogP contribution in [0.5, 0.6) is 5.75 Å². The number of pyridine rings is 1. The fourth-order valence-electron chi connectivity index (χ4n) is 3.88. The van der Waals surface area contributed by atoms with E-state index in [1.54, 1.807) is 19.2 Å². The van der Waals surface area contributed by atoms with E-state index in [1.807, 2.05) is 38.2 Å². The number of carbonyl (C=O) groups excluding carboxylic acids is 1. The van der Waals surface area contributed by atoms with E-state index in [2.05, 4.69) is 9.88 Å². The van der Waals surface area contributed by atoms with Crippen LogP contribution >= 0.6 is 0 Å². The van der Waals surface area contributed by atoms with Crippen molar-refractivity contribution in [1.82, 2.24) is 9.88 Å². The maximum Gasteiger partial charge on any atom is 0.166 e. The lowest BCUT2D eigenvalue weighted by molar-refractivity contribution is 0.101. The molecular formula is C24H24FN3O2. The average molecular weight is 405 g/mol. The Balaban J connectivity index is 1.90. The normalized spacial score (nSPS) is 16.5. The Morgan fingerprint density at radius 1 is 1.17 bits per heavy atom. The van der Waals surface area contributed by atoms with Gasteiger partial charge in [0.15, 0.2) is 17.4 Å². The molecule has 0 saturated heterocycles. The van der Waals surface area contributed by atoms with Gasteiger partial charge in [0.2, 0.25) is 0 Å². The number of aromatic nitrogens is 1. The molecule has 2 N–H and O–H groups in total. The number of carbonyl (C=O) groups is 1. The summed E-state index contributed by atoms with van der Waals surface area (Å²) in [6.45, 7) is 4.70. The summed E-state index contributed by atoms with van der Waals surface area (Å²) in [5.41, 5.74) is 11.3. The number of nitrogens with two attached hydrogens (primary N) is 1. The highest BCUT2D eigenvalue weighted by molar-refractivity contribution is 5.95. The predicted molar refractivity (Wildman–Crippen MR) is 115 cm³/mol.